The van der Waals surface area contributed by atoms with E-state index >= 15 is 0 Å². The lowest BCUT2D eigenvalue weighted by atomic mass is 10.2. The molecule has 3 N–H and O–H groups in total. The van der Waals surface area contributed by atoms with Gasteiger partial charge in [-0.15, -0.1) is 0 Å². The van der Waals surface area contributed by atoms with Crippen molar-refractivity contribution in [2.24, 2.45) is 10.7 Å². The Morgan fingerprint density at radius 2 is 2.26 bits per heavy atom. The van der Waals surface area contributed by atoms with E-state index in [4.69, 9.17) is 10.5 Å². The minimum absolute atomic E-state index is 0.503. The van der Waals surface area contributed by atoms with Gasteiger partial charge < -0.3 is 15.5 Å². The largest absolute Gasteiger partial charge is 0.383 e. The van der Waals surface area contributed by atoms with E-state index in [1.165, 1.54) is 0 Å². The molecule has 3 heterocycles. The van der Waals surface area contributed by atoms with Crippen molar-refractivity contribution in [2.75, 3.05) is 33.0 Å². The van der Waals surface area contributed by atoms with E-state index in [2.05, 4.69) is 24.8 Å². The molecule has 0 aromatic carbocycles. The lowest BCUT2D eigenvalue weighted by Gasteiger charge is -2.24. The average molecular weight is 260 g/mol. The zero-order valence-electron chi connectivity index (χ0n) is 10.5. The molecule has 1 aliphatic heterocycles. The summed E-state index contributed by atoms with van der Waals surface area (Å²) in [6.45, 7) is 3.90. The number of ether oxygens (including phenoxy) is 1. The molecule has 0 saturated carbocycles. The van der Waals surface area contributed by atoms with Crippen molar-refractivity contribution in [3.8, 4) is 0 Å². The van der Waals surface area contributed by atoms with Crippen LogP contribution in [0.3, 0.4) is 0 Å². The summed E-state index contributed by atoms with van der Waals surface area (Å²) in [5, 5.41) is 0. The molecule has 0 spiro atoms. The third kappa shape index (κ3) is 2.56. The van der Waals surface area contributed by atoms with Gasteiger partial charge in [0, 0.05) is 24.8 Å². The predicted molar refractivity (Wildman–Crippen MR) is 71.9 cm³/mol. The maximum Gasteiger partial charge on any atom is 0.178 e. The number of rotatable bonds is 3. The number of aromatic amines is 1. The molecule has 3 rings (SSSR count). The summed E-state index contributed by atoms with van der Waals surface area (Å²) in [6.07, 6.45) is 3.30. The van der Waals surface area contributed by atoms with Crippen LogP contribution in [0, 0.1) is 0 Å². The van der Waals surface area contributed by atoms with Gasteiger partial charge in [0.15, 0.2) is 5.65 Å². The van der Waals surface area contributed by atoms with Crippen molar-refractivity contribution in [1.29, 1.82) is 0 Å². The van der Waals surface area contributed by atoms with Crippen molar-refractivity contribution < 1.29 is 4.74 Å². The summed E-state index contributed by atoms with van der Waals surface area (Å²) in [4.78, 5) is 17.9. The molecule has 0 unspecified atom stereocenters. The normalized spacial score (nSPS) is 18.0. The number of hydrogen-bond acceptors (Lipinski definition) is 5. The highest BCUT2D eigenvalue weighted by Crippen LogP contribution is 2.11. The number of aromatic nitrogens is 3. The lowest BCUT2D eigenvalue weighted by molar-refractivity contribution is 0.0394. The van der Waals surface area contributed by atoms with Crippen molar-refractivity contribution in [3.63, 3.8) is 0 Å². The summed E-state index contributed by atoms with van der Waals surface area (Å²) in [6, 6.07) is 1.85. The van der Waals surface area contributed by atoms with Crippen LogP contribution in [0.2, 0.25) is 0 Å². The number of H-pyrrole nitrogens is 1. The van der Waals surface area contributed by atoms with E-state index in [0.29, 0.717) is 18.2 Å². The molecular formula is C12H16N6O. The number of amidine groups is 1. The van der Waals surface area contributed by atoms with Crippen LogP contribution in [-0.4, -0.2) is 58.7 Å². The molecule has 0 amide bonds. The first-order valence-corrected chi connectivity index (χ1v) is 6.23. The molecule has 7 nitrogen and oxygen atoms in total. The second kappa shape index (κ2) is 5.33. The summed E-state index contributed by atoms with van der Waals surface area (Å²) in [7, 11) is 0. The molecule has 0 atom stereocenters. The third-order valence-corrected chi connectivity index (χ3v) is 3.15. The van der Waals surface area contributed by atoms with E-state index in [9.17, 15) is 0 Å². The molecule has 0 aliphatic carbocycles. The maximum absolute atomic E-state index is 6.05. The molecular weight excluding hydrogens is 244 g/mol. The molecule has 7 heteroatoms. The highest BCUT2D eigenvalue weighted by molar-refractivity contribution is 6.06. The monoisotopic (exact) mass is 260 g/mol. The standard InChI is InChI=1S/C12H16N6O/c13-11(17-8-18-3-5-19-6-4-18)9-1-2-14-12-10(9)15-7-16-12/h1-2,7H,3-6,8H2,(H2,13,17)(H,14,15,16). The Bertz CT molecular complexity index is 587. The molecule has 1 fully saturated rings. The van der Waals surface area contributed by atoms with Crippen LogP contribution >= 0.6 is 0 Å². The number of aliphatic imine (C=N–C) groups is 1. The fraction of sp³-hybridized carbons (Fsp3) is 0.417. The van der Waals surface area contributed by atoms with Gasteiger partial charge in [-0.2, -0.15) is 0 Å². The second-order valence-corrected chi connectivity index (χ2v) is 4.37. The van der Waals surface area contributed by atoms with Gasteiger partial charge in [-0.3, -0.25) is 9.89 Å². The van der Waals surface area contributed by atoms with Crippen LogP contribution in [0.15, 0.2) is 23.6 Å². The van der Waals surface area contributed by atoms with E-state index in [1.807, 2.05) is 6.07 Å². The van der Waals surface area contributed by atoms with Gasteiger partial charge in [-0.25, -0.2) is 9.97 Å². The van der Waals surface area contributed by atoms with E-state index in [-0.39, 0.29) is 0 Å². The van der Waals surface area contributed by atoms with E-state index < -0.39 is 0 Å². The van der Waals surface area contributed by atoms with Crippen LogP contribution in [0.25, 0.3) is 11.2 Å². The summed E-state index contributed by atoms with van der Waals surface area (Å²) >= 11 is 0. The highest BCUT2D eigenvalue weighted by Gasteiger charge is 2.11. The van der Waals surface area contributed by atoms with Gasteiger partial charge in [-0.1, -0.05) is 0 Å². The Kier molecular flexibility index (Phi) is 3.39. The van der Waals surface area contributed by atoms with Gasteiger partial charge in [0.05, 0.1) is 31.7 Å². The summed E-state index contributed by atoms with van der Waals surface area (Å²) in [5.74, 6) is 0.503. The Balaban J connectivity index is 1.78. The van der Waals surface area contributed by atoms with Crippen LogP contribution in [0.5, 0.6) is 0 Å². The molecule has 0 radical (unpaired) electrons. The van der Waals surface area contributed by atoms with Gasteiger partial charge in [0.1, 0.15) is 5.84 Å². The fourth-order valence-corrected chi connectivity index (χ4v) is 2.07. The van der Waals surface area contributed by atoms with Crippen LogP contribution in [0.4, 0.5) is 0 Å². The summed E-state index contributed by atoms with van der Waals surface area (Å²) < 4.78 is 5.30. The number of nitrogens with one attached hydrogen (secondary N) is 1. The predicted octanol–water partition coefficient (Wildman–Crippen LogP) is -0.0471. The first kappa shape index (κ1) is 12.1. The fourth-order valence-electron chi connectivity index (χ4n) is 2.07. The number of morpholine rings is 1. The van der Waals surface area contributed by atoms with Crippen LogP contribution in [0.1, 0.15) is 5.56 Å². The Morgan fingerprint density at radius 3 is 3.11 bits per heavy atom. The molecule has 19 heavy (non-hydrogen) atoms. The van der Waals surface area contributed by atoms with Gasteiger partial charge in [-0.05, 0) is 6.07 Å². The number of imidazole rings is 1. The topological polar surface area (TPSA) is 92.4 Å². The van der Waals surface area contributed by atoms with E-state index in [0.717, 1.165) is 37.4 Å². The first-order valence-electron chi connectivity index (χ1n) is 6.23. The van der Waals surface area contributed by atoms with Crippen molar-refractivity contribution in [3.05, 3.63) is 24.2 Å². The Hall–Kier alpha value is -1.99. The smallest absolute Gasteiger partial charge is 0.178 e. The molecule has 2 aromatic heterocycles. The third-order valence-electron chi connectivity index (χ3n) is 3.15. The number of hydrogen-bond donors (Lipinski definition) is 2. The molecule has 0 bridgehead atoms. The van der Waals surface area contributed by atoms with Crippen LogP contribution in [-0.2, 0) is 4.74 Å². The molecule has 2 aromatic rings. The highest BCUT2D eigenvalue weighted by atomic mass is 16.5. The van der Waals surface area contributed by atoms with Crippen LogP contribution < -0.4 is 5.73 Å². The number of pyridine rings is 1. The van der Waals surface area contributed by atoms with E-state index in [1.54, 1.807) is 12.5 Å². The van der Waals surface area contributed by atoms with Gasteiger partial charge >= 0.3 is 0 Å². The van der Waals surface area contributed by atoms with Gasteiger partial charge in [0.2, 0.25) is 0 Å². The molecule has 1 aliphatic rings. The summed E-state index contributed by atoms with van der Waals surface area (Å²) in [5.41, 5.74) is 8.38. The number of nitrogens with zero attached hydrogens (tertiary/aromatic N) is 4. The molecule has 100 valence electrons. The lowest BCUT2D eigenvalue weighted by Crippen LogP contribution is -2.37. The Labute approximate surface area is 110 Å². The minimum atomic E-state index is 0.503. The van der Waals surface area contributed by atoms with Crippen molar-refractivity contribution in [2.45, 2.75) is 0 Å². The first-order chi connectivity index (χ1) is 9.34. The SMILES string of the molecule is NC(=NCN1CCOCC1)c1ccnc2nc[nH]c12. The Morgan fingerprint density at radius 1 is 1.42 bits per heavy atom. The minimum Gasteiger partial charge on any atom is -0.383 e. The maximum atomic E-state index is 6.05. The zero-order valence-corrected chi connectivity index (χ0v) is 10.5. The quantitative estimate of drug-likeness (QED) is 0.596. The number of fused-ring (bicyclic) bond motifs is 1. The van der Waals surface area contributed by atoms with Crippen molar-refractivity contribution >= 4 is 17.0 Å². The van der Waals surface area contributed by atoms with Crippen molar-refractivity contribution in [1.82, 2.24) is 19.9 Å². The average Bonchev–Trinajstić information content (AvgIpc) is 2.94. The number of nitrogens with two attached hydrogens (primary N) is 1. The second-order valence-electron chi connectivity index (χ2n) is 4.37. The van der Waals surface area contributed by atoms with Gasteiger partial charge in [0.25, 0.3) is 0 Å². The zero-order chi connectivity index (χ0) is 13.1. The molecule has 1 saturated heterocycles.